The lowest BCUT2D eigenvalue weighted by Crippen LogP contribution is -2.37. The van der Waals surface area contributed by atoms with E-state index in [0.29, 0.717) is 22.6 Å². The maximum absolute atomic E-state index is 14.7. The normalized spacial score (nSPS) is 13.5. The van der Waals surface area contributed by atoms with Crippen molar-refractivity contribution in [3.63, 3.8) is 0 Å². The SMILES string of the molecule is C=C(C)C(=O)NC(C)COc1c(N)ncnc1-c1cc(F)cc(NC(=O)c2ccc(C3CC3)cc2F)c1C. The predicted molar refractivity (Wildman–Crippen MR) is 141 cm³/mol. The number of anilines is 2. The van der Waals surface area contributed by atoms with Crippen LogP contribution in [0.3, 0.4) is 0 Å². The summed E-state index contributed by atoms with van der Waals surface area (Å²) >= 11 is 0. The number of hydrogen-bond donors (Lipinski definition) is 3. The molecule has 2 amide bonds. The Morgan fingerprint density at radius 3 is 2.61 bits per heavy atom. The number of ether oxygens (including phenoxy) is 1. The van der Waals surface area contributed by atoms with E-state index < -0.39 is 23.6 Å². The number of benzene rings is 2. The molecule has 0 aliphatic heterocycles. The topological polar surface area (TPSA) is 119 Å². The molecule has 38 heavy (non-hydrogen) atoms. The highest BCUT2D eigenvalue weighted by atomic mass is 19.1. The summed E-state index contributed by atoms with van der Waals surface area (Å²) in [5, 5.41) is 5.34. The van der Waals surface area contributed by atoms with Crippen molar-refractivity contribution in [2.45, 2.75) is 45.6 Å². The molecule has 8 nitrogen and oxygen atoms in total. The van der Waals surface area contributed by atoms with Gasteiger partial charge in [-0.15, -0.1) is 0 Å². The Kier molecular flexibility index (Phi) is 7.70. The zero-order valence-electron chi connectivity index (χ0n) is 21.4. The molecular weight excluding hydrogens is 492 g/mol. The Hall–Kier alpha value is -4.34. The first-order valence-electron chi connectivity index (χ1n) is 12.2. The van der Waals surface area contributed by atoms with Gasteiger partial charge in [0, 0.05) is 16.8 Å². The fourth-order valence-electron chi connectivity index (χ4n) is 3.95. The van der Waals surface area contributed by atoms with Crippen molar-refractivity contribution in [3.8, 4) is 17.0 Å². The molecule has 0 saturated heterocycles. The maximum Gasteiger partial charge on any atom is 0.258 e. The molecule has 10 heteroatoms. The van der Waals surface area contributed by atoms with Gasteiger partial charge in [-0.25, -0.2) is 18.7 Å². The van der Waals surface area contributed by atoms with Crippen LogP contribution in [-0.4, -0.2) is 34.4 Å². The van der Waals surface area contributed by atoms with E-state index in [1.54, 1.807) is 26.8 Å². The van der Waals surface area contributed by atoms with Crippen LogP contribution in [0.2, 0.25) is 0 Å². The molecule has 1 aliphatic rings. The van der Waals surface area contributed by atoms with E-state index >= 15 is 0 Å². The van der Waals surface area contributed by atoms with Gasteiger partial charge in [-0.3, -0.25) is 9.59 Å². The highest BCUT2D eigenvalue weighted by Crippen LogP contribution is 2.40. The van der Waals surface area contributed by atoms with Crippen molar-refractivity contribution in [3.05, 3.63) is 77.1 Å². The summed E-state index contributed by atoms with van der Waals surface area (Å²) in [6.07, 6.45) is 3.23. The molecule has 3 aromatic rings. The van der Waals surface area contributed by atoms with E-state index in [1.807, 2.05) is 0 Å². The summed E-state index contributed by atoms with van der Waals surface area (Å²) in [4.78, 5) is 33.0. The number of nitrogens with one attached hydrogen (secondary N) is 2. The third kappa shape index (κ3) is 5.96. The molecule has 4 rings (SSSR count). The molecule has 4 N–H and O–H groups in total. The smallest absolute Gasteiger partial charge is 0.258 e. The fraction of sp³-hybridized carbons (Fsp3) is 0.286. The van der Waals surface area contributed by atoms with Gasteiger partial charge in [-0.2, -0.15) is 0 Å². The summed E-state index contributed by atoms with van der Waals surface area (Å²) < 4.78 is 35.3. The molecule has 0 bridgehead atoms. The summed E-state index contributed by atoms with van der Waals surface area (Å²) in [7, 11) is 0. The molecule has 1 atom stereocenters. The second-order valence-electron chi connectivity index (χ2n) is 9.50. The predicted octanol–water partition coefficient (Wildman–Crippen LogP) is 4.90. The third-order valence-electron chi connectivity index (χ3n) is 6.24. The molecule has 1 heterocycles. The van der Waals surface area contributed by atoms with Crippen LogP contribution < -0.4 is 21.1 Å². The second-order valence-corrected chi connectivity index (χ2v) is 9.50. The number of amides is 2. The van der Waals surface area contributed by atoms with Crippen LogP contribution >= 0.6 is 0 Å². The first-order valence-corrected chi connectivity index (χ1v) is 12.2. The number of rotatable bonds is 9. The zero-order chi connectivity index (χ0) is 27.6. The van der Waals surface area contributed by atoms with E-state index in [2.05, 4.69) is 27.2 Å². The van der Waals surface area contributed by atoms with Crippen LogP contribution in [0.25, 0.3) is 11.3 Å². The van der Waals surface area contributed by atoms with Gasteiger partial charge in [-0.05, 0) is 74.9 Å². The Bertz CT molecular complexity index is 1420. The van der Waals surface area contributed by atoms with Crippen LogP contribution in [0.1, 0.15) is 54.1 Å². The molecule has 198 valence electrons. The molecule has 0 spiro atoms. The zero-order valence-corrected chi connectivity index (χ0v) is 21.4. The minimum Gasteiger partial charge on any atom is -0.485 e. The van der Waals surface area contributed by atoms with Crippen LogP contribution in [0.5, 0.6) is 5.75 Å². The molecule has 1 aromatic heterocycles. The Morgan fingerprint density at radius 2 is 1.95 bits per heavy atom. The van der Waals surface area contributed by atoms with Crippen molar-refractivity contribution in [1.82, 2.24) is 15.3 Å². The Morgan fingerprint density at radius 1 is 1.21 bits per heavy atom. The van der Waals surface area contributed by atoms with Crippen LogP contribution in [0.4, 0.5) is 20.3 Å². The average molecular weight is 522 g/mol. The summed E-state index contributed by atoms with van der Waals surface area (Å²) in [6.45, 7) is 8.61. The number of nitrogen functional groups attached to an aromatic ring is 1. The van der Waals surface area contributed by atoms with Gasteiger partial charge in [0.1, 0.15) is 30.3 Å². The maximum atomic E-state index is 14.7. The Balaban J connectivity index is 1.60. The van der Waals surface area contributed by atoms with Crippen molar-refractivity contribution < 1.29 is 23.1 Å². The largest absolute Gasteiger partial charge is 0.485 e. The third-order valence-corrected chi connectivity index (χ3v) is 6.24. The van der Waals surface area contributed by atoms with Crippen molar-refractivity contribution in [2.75, 3.05) is 17.7 Å². The van der Waals surface area contributed by atoms with E-state index in [0.717, 1.165) is 24.5 Å². The van der Waals surface area contributed by atoms with Crippen LogP contribution in [0.15, 0.2) is 48.8 Å². The minimum atomic E-state index is -0.703. The fourth-order valence-corrected chi connectivity index (χ4v) is 3.95. The highest BCUT2D eigenvalue weighted by molar-refractivity contribution is 6.05. The van der Waals surface area contributed by atoms with Gasteiger partial charge in [0.25, 0.3) is 5.91 Å². The number of nitrogens with zero attached hydrogens (tertiary/aromatic N) is 2. The lowest BCUT2D eigenvalue weighted by molar-refractivity contribution is -0.118. The highest BCUT2D eigenvalue weighted by Gasteiger charge is 2.25. The van der Waals surface area contributed by atoms with Crippen LogP contribution in [-0.2, 0) is 4.79 Å². The van der Waals surface area contributed by atoms with Crippen molar-refractivity contribution in [2.24, 2.45) is 0 Å². The molecule has 1 saturated carbocycles. The number of hydrogen-bond acceptors (Lipinski definition) is 6. The number of halogens is 2. The molecule has 1 unspecified atom stereocenters. The first kappa shape index (κ1) is 26.7. The van der Waals surface area contributed by atoms with Crippen LogP contribution in [0, 0.1) is 18.6 Å². The number of carbonyl (C=O) groups is 2. The lowest BCUT2D eigenvalue weighted by Gasteiger charge is -2.19. The van der Waals surface area contributed by atoms with Gasteiger partial charge in [0.2, 0.25) is 5.91 Å². The number of carbonyl (C=O) groups excluding carboxylic acids is 2. The Labute approximate surface area is 219 Å². The standard InChI is InChI=1S/C28H29F2N5O3/c1-14(2)27(36)34-15(3)12-38-25-24(32-13-33-26(25)31)21-10-19(29)11-23(16(21)4)35-28(37)20-8-7-18(9-22(20)30)17-5-6-17/h7-11,13,15,17H,1,5-6,12H2,2-4H3,(H,34,36)(H,35,37)(H2,31,32,33). The molecule has 1 aliphatic carbocycles. The number of aromatic nitrogens is 2. The first-order chi connectivity index (χ1) is 18.0. The summed E-state index contributed by atoms with van der Waals surface area (Å²) in [6, 6.07) is 6.54. The van der Waals surface area contributed by atoms with E-state index in [1.165, 1.54) is 24.5 Å². The molecular formula is C28H29F2N5O3. The molecule has 1 fully saturated rings. The summed E-state index contributed by atoms with van der Waals surface area (Å²) in [5.41, 5.74) is 8.22. The lowest BCUT2D eigenvalue weighted by atomic mass is 10.0. The van der Waals surface area contributed by atoms with Crippen molar-refractivity contribution in [1.29, 1.82) is 0 Å². The van der Waals surface area contributed by atoms with Gasteiger partial charge >= 0.3 is 0 Å². The van der Waals surface area contributed by atoms with E-state index in [9.17, 15) is 18.4 Å². The van der Waals surface area contributed by atoms with E-state index in [-0.39, 0.29) is 41.0 Å². The molecule has 0 radical (unpaired) electrons. The second kappa shape index (κ2) is 11.0. The average Bonchev–Trinajstić information content (AvgIpc) is 3.70. The number of nitrogens with two attached hydrogens (primary N) is 1. The monoisotopic (exact) mass is 521 g/mol. The summed E-state index contributed by atoms with van der Waals surface area (Å²) in [5.74, 6) is -1.86. The van der Waals surface area contributed by atoms with Gasteiger partial charge < -0.3 is 21.1 Å². The van der Waals surface area contributed by atoms with Gasteiger partial charge in [-0.1, -0.05) is 12.6 Å². The van der Waals surface area contributed by atoms with E-state index in [4.69, 9.17) is 10.5 Å². The van der Waals surface area contributed by atoms with Crippen molar-refractivity contribution >= 4 is 23.3 Å². The van der Waals surface area contributed by atoms with Gasteiger partial charge in [0.15, 0.2) is 11.6 Å². The molecule has 2 aromatic carbocycles. The minimum absolute atomic E-state index is 0.0144. The van der Waals surface area contributed by atoms with Gasteiger partial charge in [0.05, 0.1) is 11.6 Å². The quantitative estimate of drug-likeness (QED) is 0.345.